The number of carbonyl (C=O) groups excluding carboxylic acids is 1. The average molecular weight is 296 g/mol. The fourth-order valence-corrected chi connectivity index (χ4v) is 1.60. The minimum absolute atomic E-state index is 0.214. The largest absolute Gasteiger partial charge is 0.464 e. The number of esters is 1. The Bertz CT molecular complexity index is 296. The van der Waals surface area contributed by atoms with Crippen LogP contribution in [0.5, 0.6) is 0 Å². The molecular formula is C6H4Br2N2O2. The van der Waals surface area contributed by atoms with Crippen LogP contribution >= 0.6 is 31.9 Å². The van der Waals surface area contributed by atoms with Gasteiger partial charge in [0.2, 0.25) is 0 Å². The van der Waals surface area contributed by atoms with Crippen molar-refractivity contribution in [1.82, 2.24) is 9.97 Å². The molecule has 0 atom stereocenters. The smallest absolute Gasteiger partial charge is 0.356 e. The van der Waals surface area contributed by atoms with Gasteiger partial charge in [0.1, 0.15) is 4.60 Å². The Morgan fingerprint density at radius 2 is 2.17 bits per heavy atom. The van der Waals surface area contributed by atoms with Crippen molar-refractivity contribution >= 4 is 37.8 Å². The van der Waals surface area contributed by atoms with E-state index in [9.17, 15) is 4.79 Å². The van der Waals surface area contributed by atoms with Crippen molar-refractivity contribution in [3.05, 3.63) is 21.1 Å². The fraction of sp³-hybridized carbons (Fsp3) is 0.167. The SMILES string of the molecule is COC(=O)c1cc(Br)nc(Br)n1. The Balaban J connectivity index is 3.08. The summed E-state index contributed by atoms with van der Waals surface area (Å²) in [7, 11) is 1.30. The predicted molar refractivity (Wildman–Crippen MR) is 48.8 cm³/mol. The molecule has 0 bridgehead atoms. The Morgan fingerprint density at radius 3 is 2.67 bits per heavy atom. The molecular weight excluding hydrogens is 292 g/mol. The van der Waals surface area contributed by atoms with Gasteiger partial charge in [-0.1, -0.05) is 0 Å². The number of carbonyl (C=O) groups is 1. The third-order valence-electron chi connectivity index (χ3n) is 1.06. The monoisotopic (exact) mass is 294 g/mol. The zero-order chi connectivity index (χ0) is 9.14. The Labute approximate surface area is 85.6 Å². The Morgan fingerprint density at radius 1 is 1.50 bits per heavy atom. The van der Waals surface area contributed by atoms with Crippen LogP contribution in [0.1, 0.15) is 10.5 Å². The van der Waals surface area contributed by atoms with Gasteiger partial charge in [-0.25, -0.2) is 14.8 Å². The molecule has 0 amide bonds. The maximum Gasteiger partial charge on any atom is 0.356 e. The molecule has 1 aromatic heterocycles. The lowest BCUT2D eigenvalue weighted by Crippen LogP contribution is -2.05. The summed E-state index contributed by atoms with van der Waals surface area (Å²) in [6.07, 6.45) is 0. The molecule has 6 heteroatoms. The molecule has 1 rings (SSSR count). The van der Waals surface area contributed by atoms with Gasteiger partial charge < -0.3 is 4.74 Å². The van der Waals surface area contributed by atoms with Crippen LogP contribution in [0.2, 0.25) is 0 Å². The van der Waals surface area contributed by atoms with Crippen LogP contribution in [0.4, 0.5) is 0 Å². The third kappa shape index (κ3) is 2.25. The first kappa shape index (κ1) is 9.60. The average Bonchev–Trinajstić information content (AvgIpc) is 2.01. The lowest BCUT2D eigenvalue weighted by atomic mass is 10.4. The summed E-state index contributed by atoms with van der Waals surface area (Å²) in [5.74, 6) is -0.487. The van der Waals surface area contributed by atoms with Gasteiger partial charge in [-0.2, -0.15) is 0 Å². The van der Waals surface area contributed by atoms with Crippen molar-refractivity contribution in [2.45, 2.75) is 0 Å². The van der Waals surface area contributed by atoms with E-state index in [0.717, 1.165) is 0 Å². The molecule has 1 heterocycles. The number of halogens is 2. The van der Waals surface area contributed by atoms with Gasteiger partial charge in [0, 0.05) is 6.07 Å². The Hall–Kier alpha value is -0.490. The molecule has 0 spiro atoms. The van der Waals surface area contributed by atoms with Crippen LogP contribution < -0.4 is 0 Å². The molecule has 0 aromatic carbocycles. The number of methoxy groups -OCH3 is 1. The summed E-state index contributed by atoms with van der Waals surface area (Å²) in [6, 6.07) is 1.48. The molecule has 0 unspecified atom stereocenters. The minimum atomic E-state index is -0.487. The highest BCUT2D eigenvalue weighted by atomic mass is 79.9. The number of aromatic nitrogens is 2. The standard InChI is InChI=1S/C6H4Br2N2O2/c1-12-5(11)3-2-4(7)10-6(8)9-3/h2H,1H3. The van der Waals surface area contributed by atoms with E-state index < -0.39 is 5.97 Å². The van der Waals surface area contributed by atoms with Gasteiger partial charge in [0.25, 0.3) is 0 Å². The third-order valence-corrected chi connectivity index (χ3v) is 1.82. The molecule has 0 aliphatic heterocycles. The molecule has 0 saturated heterocycles. The number of nitrogens with zero attached hydrogens (tertiary/aromatic N) is 2. The summed E-state index contributed by atoms with van der Waals surface area (Å²) < 4.78 is 5.35. The van der Waals surface area contributed by atoms with Crippen molar-refractivity contribution in [2.75, 3.05) is 7.11 Å². The molecule has 0 N–H and O–H groups in total. The summed E-state index contributed by atoms with van der Waals surface area (Å²) in [5.41, 5.74) is 0.214. The van der Waals surface area contributed by atoms with Crippen LogP contribution in [0.15, 0.2) is 15.4 Å². The van der Waals surface area contributed by atoms with E-state index in [-0.39, 0.29) is 5.69 Å². The van der Waals surface area contributed by atoms with Crippen LogP contribution in [0.3, 0.4) is 0 Å². The minimum Gasteiger partial charge on any atom is -0.464 e. The molecule has 1 aromatic rings. The number of rotatable bonds is 1. The van der Waals surface area contributed by atoms with Gasteiger partial charge in [-0.3, -0.25) is 0 Å². The Kier molecular flexibility index (Phi) is 3.16. The number of ether oxygens (including phenoxy) is 1. The van der Waals surface area contributed by atoms with Crippen LogP contribution in [-0.2, 0) is 4.74 Å². The van der Waals surface area contributed by atoms with E-state index in [1.807, 2.05) is 0 Å². The molecule has 12 heavy (non-hydrogen) atoms. The van der Waals surface area contributed by atoms with Gasteiger partial charge in [0.05, 0.1) is 7.11 Å². The normalized spacial score (nSPS) is 9.58. The van der Waals surface area contributed by atoms with E-state index in [1.165, 1.54) is 13.2 Å². The fourth-order valence-electron chi connectivity index (χ4n) is 0.599. The molecule has 0 saturated carbocycles. The molecule has 4 nitrogen and oxygen atoms in total. The van der Waals surface area contributed by atoms with Crippen molar-refractivity contribution < 1.29 is 9.53 Å². The second-order valence-corrected chi connectivity index (χ2v) is 3.36. The quantitative estimate of drug-likeness (QED) is 0.450. The van der Waals surface area contributed by atoms with Gasteiger partial charge in [0.15, 0.2) is 10.4 Å². The van der Waals surface area contributed by atoms with Crippen molar-refractivity contribution in [3.8, 4) is 0 Å². The summed E-state index contributed by atoms with van der Waals surface area (Å²) in [4.78, 5) is 18.6. The zero-order valence-electron chi connectivity index (χ0n) is 6.04. The van der Waals surface area contributed by atoms with Crippen molar-refractivity contribution in [3.63, 3.8) is 0 Å². The number of hydrogen-bond donors (Lipinski definition) is 0. The highest BCUT2D eigenvalue weighted by Gasteiger charge is 2.09. The molecule has 0 aliphatic carbocycles. The van der Waals surface area contributed by atoms with E-state index in [2.05, 4.69) is 46.6 Å². The van der Waals surface area contributed by atoms with E-state index in [0.29, 0.717) is 9.34 Å². The van der Waals surface area contributed by atoms with Gasteiger partial charge >= 0.3 is 5.97 Å². The second kappa shape index (κ2) is 3.95. The molecule has 0 fully saturated rings. The molecule has 64 valence electrons. The maximum atomic E-state index is 11.0. The maximum absolute atomic E-state index is 11.0. The van der Waals surface area contributed by atoms with Gasteiger partial charge in [-0.15, -0.1) is 0 Å². The second-order valence-electron chi connectivity index (χ2n) is 1.84. The van der Waals surface area contributed by atoms with Gasteiger partial charge in [-0.05, 0) is 31.9 Å². The van der Waals surface area contributed by atoms with Crippen molar-refractivity contribution in [1.29, 1.82) is 0 Å². The van der Waals surface area contributed by atoms with E-state index >= 15 is 0 Å². The van der Waals surface area contributed by atoms with Crippen molar-refractivity contribution in [2.24, 2.45) is 0 Å². The highest BCUT2D eigenvalue weighted by Crippen LogP contribution is 2.12. The summed E-state index contributed by atoms with van der Waals surface area (Å²) >= 11 is 6.17. The predicted octanol–water partition coefficient (Wildman–Crippen LogP) is 1.79. The van der Waals surface area contributed by atoms with Crippen LogP contribution in [0.25, 0.3) is 0 Å². The topological polar surface area (TPSA) is 52.1 Å². The van der Waals surface area contributed by atoms with Crippen LogP contribution in [-0.4, -0.2) is 23.0 Å². The van der Waals surface area contributed by atoms with E-state index in [1.54, 1.807) is 0 Å². The molecule has 0 aliphatic rings. The first-order valence-corrected chi connectivity index (χ1v) is 4.50. The molecule has 0 radical (unpaired) electrons. The highest BCUT2D eigenvalue weighted by molar-refractivity contribution is 9.11. The first-order valence-electron chi connectivity index (χ1n) is 2.92. The lowest BCUT2D eigenvalue weighted by molar-refractivity contribution is 0.0593. The summed E-state index contributed by atoms with van der Waals surface area (Å²) in [6.45, 7) is 0. The lowest BCUT2D eigenvalue weighted by Gasteiger charge is -1.98. The van der Waals surface area contributed by atoms with E-state index in [4.69, 9.17) is 0 Å². The summed E-state index contributed by atoms with van der Waals surface area (Å²) in [5, 5.41) is 0. The van der Waals surface area contributed by atoms with Crippen LogP contribution in [0, 0.1) is 0 Å². The zero-order valence-corrected chi connectivity index (χ0v) is 9.22. The number of hydrogen-bond acceptors (Lipinski definition) is 4. The first-order chi connectivity index (χ1) is 5.63.